The molecule has 1 aliphatic carbocycles. The Bertz CT molecular complexity index is 346. The van der Waals surface area contributed by atoms with Crippen molar-refractivity contribution in [2.75, 3.05) is 13.6 Å². The van der Waals surface area contributed by atoms with Gasteiger partial charge in [-0.15, -0.1) is 0 Å². The molecule has 17 heavy (non-hydrogen) atoms. The summed E-state index contributed by atoms with van der Waals surface area (Å²) in [6.07, 6.45) is 4.26. The molecule has 2 atom stereocenters. The van der Waals surface area contributed by atoms with Gasteiger partial charge in [-0.2, -0.15) is 0 Å². The summed E-state index contributed by atoms with van der Waals surface area (Å²) >= 11 is 0. The lowest BCUT2D eigenvalue weighted by Gasteiger charge is -2.39. The third-order valence-electron chi connectivity index (χ3n) is 3.79. The molecule has 1 saturated carbocycles. The topological polar surface area (TPSA) is 63.4 Å². The van der Waals surface area contributed by atoms with Crippen molar-refractivity contribution >= 4 is 10.0 Å². The molecule has 0 heterocycles. The minimum Gasteiger partial charge on any atom is -0.330 e. The second kappa shape index (κ2) is 5.24. The van der Waals surface area contributed by atoms with E-state index < -0.39 is 14.8 Å². The van der Waals surface area contributed by atoms with E-state index in [0.29, 0.717) is 12.5 Å². The second-order valence-electron chi connectivity index (χ2n) is 5.98. The van der Waals surface area contributed by atoms with Gasteiger partial charge in [0.05, 0.1) is 4.75 Å². The number of hydrogen-bond acceptors (Lipinski definition) is 3. The Labute approximate surface area is 106 Å². The molecule has 1 rings (SSSR count). The van der Waals surface area contributed by atoms with Crippen LogP contribution >= 0.6 is 0 Å². The summed E-state index contributed by atoms with van der Waals surface area (Å²) in [5, 5.41) is 0. The van der Waals surface area contributed by atoms with E-state index in [1.165, 1.54) is 6.42 Å². The lowest BCUT2D eigenvalue weighted by molar-refractivity contribution is 0.201. The van der Waals surface area contributed by atoms with Gasteiger partial charge in [-0.3, -0.25) is 0 Å². The third-order valence-corrected chi connectivity index (χ3v) is 6.37. The maximum atomic E-state index is 12.4. The summed E-state index contributed by atoms with van der Waals surface area (Å²) in [6, 6.07) is 0.0815. The van der Waals surface area contributed by atoms with Gasteiger partial charge in [0.25, 0.3) is 0 Å². The first-order valence-corrected chi connectivity index (χ1v) is 7.83. The maximum Gasteiger partial charge on any atom is 0.219 e. The van der Waals surface area contributed by atoms with Crippen molar-refractivity contribution < 1.29 is 8.42 Å². The molecule has 0 aromatic carbocycles. The van der Waals surface area contributed by atoms with Gasteiger partial charge in [0, 0.05) is 13.1 Å². The Morgan fingerprint density at radius 1 is 1.24 bits per heavy atom. The van der Waals surface area contributed by atoms with E-state index >= 15 is 0 Å². The van der Waals surface area contributed by atoms with Crippen molar-refractivity contribution in [3.63, 3.8) is 0 Å². The summed E-state index contributed by atoms with van der Waals surface area (Å²) in [5.41, 5.74) is 5.76. The molecule has 0 radical (unpaired) electrons. The minimum absolute atomic E-state index is 0.0815. The van der Waals surface area contributed by atoms with Gasteiger partial charge in [-0.1, -0.05) is 12.8 Å². The Morgan fingerprint density at radius 2 is 1.76 bits per heavy atom. The van der Waals surface area contributed by atoms with Gasteiger partial charge in [-0.25, -0.2) is 12.7 Å². The highest BCUT2D eigenvalue weighted by Gasteiger charge is 2.39. The monoisotopic (exact) mass is 262 g/mol. The Hall–Kier alpha value is -0.130. The van der Waals surface area contributed by atoms with Crippen LogP contribution in [-0.2, 0) is 10.0 Å². The average Bonchev–Trinajstić information content (AvgIpc) is 2.26. The zero-order valence-electron chi connectivity index (χ0n) is 11.4. The van der Waals surface area contributed by atoms with Crippen LogP contribution in [0.25, 0.3) is 0 Å². The van der Waals surface area contributed by atoms with Crippen LogP contribution in [0.2, 0.25) is 0 Å². The molecule has 2 unspecified atom stereocenters. The maximum absolute atomic E-state index is 12.4. The van der Waals surface area contributed by atoms with E-state index in [-0.39, 0.29) is 6.04 Å². The van der Waals surface area contributed by atoms with Crippen molar-refractivity contribution in [1.29, 1.82) is 0 Å². The number of sulfonamides is 1. The number of rotatable bonds is 3. The van der Waals surface area contributed by atoms with Gasteiger partial charge >= 0.3 is 0 Å². The summed E-state index contributed by atoms with van der Waals surface area (Å²) < 4.78 is 25.6. The molecule has 0 aromatic rings. The molecule has 102 valence electrons. The van der Waals surface area contributed by atoms with E-state index in [9.17, 15) is 8.42 Å². The van der Waals surface area contributed by atoms with Crippen LogP contribution < -0.4 is 5.73 Å². The average molecular weight is 262 g/mol. The van der Waals surface area contributed by atoms with Crippen LogP contribution in [0.4, 0.5) is 0 Å². The molecule has 2 N–H and O–H groups in total. The van der Waals surface area contributed by atoms with Crippen molar-refractivity contribution in [2.45, 2.75) is 57.2 Å². The van der Waals surface area contributed by atoms with Gasteiger partial charge < -0.3 is 5.73 Å². The fourth-order valence-corrected chi connectivity index (χ4v) is 4.05. The molecule has 0 aliphatic heterocycles. The summed E-state index contributed by atoms with van der Waals surface area (Å²) in [6.45, 7) is 5.83. The van der Waals surface area contributed by atoms with Crippen LogP contribution in [0.15, 0.2) is 0 Å². The highest BCUT2D eigenvalue weighted by molar-refractivity contribution is 7.90. The molecule has 0 aromatic heterocycles. The van der Waals surface area contributed by atoms with Crippen LogP contribution in [0, 0.1) is 5.92 Å². The van der Waals surface area contributed by atoms with E-state index in [1.807, 2.05) is 0 Å². The highest BCUT2D eigenvalue weighted by Crippen LogP contribution is 2.31. The fourth-order valence-electron chi connectivity index (χ4n) is 2.55. The van der Waals surface area contributed by atoms with Gasteiger partial charge in [-0.05, 0) is 46.1 Å². The number of nitrogens with zero attached hydrogens (tertiary/aromatic N) is 1. The van der Waals surface area contributed by atoms with Gasteiger partial charge in [0.1, 0.15) is 0 Å². The summed E-state index contributed by atoms with van der Waals surface area (Å²) in [5.74, 6) is 0.311. The molecule has 0 amide bonds. The van der Waals surface area contributed by atoms with E-state index in [2.05, 4.69) is 0 Å². The molecule has 1 fully saturated rings. The number of hydrogen-bond donors (Lipinski definition) is 1. The quantitative estimate of drug-likeness (QED) is 0.839. The van der Waals surface area contributed by atoms with Crippen LogP contribution in [0.5, 0.6) is 0 Å². The first kappa shape index (κ1) is 14.9. The molecule has 5 heteroatoms. The van der Waals surface area contributed by atoms with Crippen LogP contribution in [0.3, 0.4) is 0 Å². The Balaban J connectivity index is 2.92. The zero-order valence-corrected chi connectivity index (χ0v) is 12.3. The Morgan fingerprint density at radius 3 is 2.24 bits per heavy atom. The lowest BCUT2D eigenvalue weighted by Crippen LogP contribution is -2.50. The third kappa shape index (κ3) is 3.01. The summed E-state index contributed by atoms with van der Waals surface area (Å²) in [4.78, 5) is 0. The van der Waals surface area contributed by atoms with Gasteiger partial charge in [0.2, 0.25) is 10.0 Å². The largest absolute Gasteiger partial charge is 0.330 e. The molecule has 0 saturated heterocycles. The molecular formula is C12H26N2O2S. The van der Waals surface area contributed by atoms with Crippen molar-refractivity contribution in [3.05, 3.63) is 0 Å². The molecule has 4 nitrogen and oxygen atoms in total. The van der Waals surface area contributed by atoms with Crippen LogP contribution in [-0.4, -0.2) is 37.1 Å². The predicted molar refractivity (Wildman–Crippen MR) is 71.2 cm³/mol. The Kier molecular flexibility index (Phi) is 4.60. The number of nitrogens with two attached hydrogens (primary N) is 1. The van der Waals surface area contributed by atoms with Crippen molar-refractivity contribution in [3.8, 4) is 0 Å². The zero-order chi connectivity index (χ0) is 13.3. The molecule has 0 spiro atoms. The standard InChI is InChI=1S/C12H26N2O2S/c1-12(2,3)17(15,16)14(4)11-8-6-5-7-10(11)9-13/h10-11H,5-9,13H2,1-4H3. The van der Waals surface area contributed by atoms with E-state index in [4.69, 9.17) is 5.73 Å². The predicted octanol–water partition coefficient (Wildman–Crippen LogP) is 1.56. The fraction of sp³-hybridized carbons (Fsp3) is 1.00. The smallest absolute Gasteiger partial charge is 0.219 e. The van der Waals surface area contributed by atoms with Gasteiger partial charge in [0.15, 0.2) is 0 Å². The normalized spacial score (nSPS) is 27.4. The minimum atomic E-state index is -3.24. The second-order valence-corrected chi connectivity index (χ2v) is 8.73. The lowest BCUT2D eigenvalue weighted by atomic mass is 9.85. The van der Waals surface area contributed by atoms with Crippen molar-refractivity contribution in [1.82, 2.24) is 4.31 Å². The summed E-state index contributed by atoms with van der Waals surface area (Å²) in [7, 11) is -1.53. The SMILES string of the molecule is CN(C1CCCCC1CN)S(=O)(=O)C(C)(C)C. The van der Waals surface area contributed by atoms with Crippen molar-refractivity contribution in [2.24, 2.45) is 11.7 Å². The van der Waals surface area contributed by atoms with E-state index in [1.54, 1.807) is 32.1 Å². The molecule has 1 aliphatic rings. The van der Waals surface area contributed by atoms with Crippen LogP contribution in [0.1, 0.15) is 46.5 Å². The highest BCUT2D eigenvalue weighted by atomic mass is 32.2. The molecular weight excluding hydrogens is 236 g/mol. The first-order valence-electron chi connectivity index (χ1n) is 6.39. The van der Waals surface area contributed by atoms with E-state index in [0.717, 1.165) is 19.3 Å². The first-order chi connectivity index (χ1) is 7.71. The molecule has 0 bridgehead atoms.